The Morgan fingerprint density at radius 2 is 1.75 bits per heavy atom. The lowest BCUT2D eigenvalue weighted by atomic mass is 10.6. The quantitative estimate of drug-likeness (QED) is 0.612. The van der Waals surface area contributed by atoms with Gasteiger partial charge in [-0.3, -0.25) is 0 Å². The smallest absolute Gasteiger partial charge is 0.328 e. The first-order valence-corrected chi connectivity index (χ1v) is 5.40. The van der Waals surface area contributed by atoms with Crippen LogP contribution in [-0.4, -0.2) is 38.8 Å². The second-order valence-electron chi connectivity index (χ2n) is 2.23. The lowest BCUT2D eigenvalue weighted by Crippen LogP contribution is -2.32. The molecule has 0 aliphatic heterocycles. The molecule has 0 bridgehead atoms. The molecule has 0 heterocycles. The van der Waals surface area contributed by atoms with Crippen molar-refractivity contribution in [3.63, 3.8) is 0 Å². The van der Waals surface area contributed by atoms with Crippen LogP contribution in [0.3, 0.4) is 0 Å². The van der Waals surface area contributed by atoms with Gasteiger partial charge in [0.1, 0.15) is 0 Å². The van der Waals surface area contributed by atoms with Crippen LogP contribution in [0.15, 0.2) is 0 Å². The van der Waals surface area contributed by atoms with E-state index in [0.29, 0.717) is 13.1 Å². The molecule has 0 aliphatic rings. The zero-order chi connectivity index (χ0) is 9.78. The molecule has 5 nitrogen and oxygen atoms in total. The summed E-state index contributed by atoms with van der Waals surface area (Å²) in [4.78, 5) is 12.2. The first kappa shape index (κ1) is 11.2. The minimum atomic E-state index is -3.68. The topological polar surface area (TPSA) is 63.7 Å². The van der Waals surface area contributed by atoms with E-state index in [2.05, 4.69) is 4.18 Å². The molecule has 0 rings (SSSR count). The average Bonchev–Trinajstić information content (AvgIpc) is 1.85. The van der Waals surface area contributed by atoms with Crippen molar-refractivity contribution in [3.8, 4) is 0 Å². The van der Waals surface area contributed by atoms with Gasteiger partial charge in [0.25, 0.3) is 0 Å². The molecule has 0 spiro atoms. The van der Waals surface area contributed by atoms with Crippen molar-refractivity contribution in [1.29, 1.82) is 0 Å². The van der Waals surface area contributed by atoms with Crippen molar-refractivity contribution < 1.29 is 17.4 Å². The molecule has 1 amide bonds. The second kappa shape index (κ2) is 4.30. The predicted octanol–water partition coefficient (Wildman–Crippen LogP) is 0.424. The number of rotatable bonds is 3. The van der Waals surface area contributed by atoms with Crippen LogP contribution >= 0.6 is 0 Å². The molecule has 0 atom stereocenters. The lowest BCUT2D eigenvalue weighted by molar-refractivity contribution is 0.160. The summed E-state index contributed by atoms with van der Waals surface area (Å²) in [7, 11) is -3.68. The largest absolute Gasteiger partial charge is 0.425 e. The third-order valence-corrected chi connectivity index (χ3v) is 1.69. The van der Waals surface area contributed by atoms with Gasteiger partial charge in [-0.1, -0.05) is 0 Å². The van der Waals surface area contributed by atoms with Gasteiger partial charge >= 0.3 is 16.2 Å². The maximum atomic E-state index is 10.9. The number of carbonyl (C=O) groups is 1. The summed E-state index contributed by atoms with van der Waals surface area (Å²) in [5.41, 5.74) is 0. The number of hydrogen-bond donors (Lipinski definition) is 0. The van der Waals surface area contributed by atoms with E-state index >= 15 is 0 Å². The van der Waals surface area contributed by atoms with Crippen LogP contribution in [0, 0.1) is 0 Å². The highest BCUT2D eigenvalue weighted by Gasteiger charge is 2.15. The summed E-state index contributed by atoms with van der Waals surface area (Å²) in [6.07, 6.45) is 0.0245. The molecular formula is C6H13NO4S. The summed E-state index contributed by atoms with van der Waals surface area (Å²) >= 11 is 0. The van der Waals surface area contributed by atoms with Gasteiger partial charge in [0, 0.05) is 13.1 Å². The molecule has 0 saturated carbocycles. The van der Waals surface area contributed by atoms with Crippen molar-refractivity contribution in [2.75, 3.05) is 19.3 Å². The molecule has 0 saturated heterocycles. The minimum absolute atomic E-state index is 0.435. The standard InChI is InChI=1S/C6H13NO4S/c1-4-7(5-2)6(8)11-12(3,9)10/h4-5H2,1-3H3. The van der Waals surface area contributed by atoms with Crippen molar-refractivity contribution in [2.45, 2.75) is 13.8 Å². The van der Waals surface area contributed by atoms with Gasteiger partial charge in [-0.15, -0.1) is 0 Å². The summed E-state index contributed by atoms with van der Waals surface area (Å²) in [5, 5.41) is 0. The monoisotopic (exact) mass is 195 g/mol. The van der Waals surface area contributed by atoms with Gasteiger partial charge < -0.3 is 9.08 Å². The van der Waals surface area contributed by atoms with E-state index in [4.69, 9.17) is 0 Å². The Labute approximate surface area is 72.4 Å². The molecule has 0 aromatic carbocycles. The van der Waals surface area contributed by atoms with Crippen molar-refractivity contribution in [3.05, 3.63) is 0 Å². The van der Waals surface area contributed by atoms with Gasteiger partial charge in [-0.25, -0.2) is 4.79 Å². The number of nitrogens with zero attached hydrogens (tertiary/aromatic N) is 1. The summed E-state index contributed by atoms with van der Waals surface area (Å²) in [6.45, 7) is 4.36. The molecule has 0 aliphatic carbocycles. The maximum absolute atomic E-state index is 10.9. The Morgan fingerprint density at radius 1 is 1.33 bits per heavy atom. The van der Waals surface area contributed by atoms with E-state index in [9.17, 15) is 13.2 Å². The molecular weight excluding hydrogens is 182 g/mol. The SMILES string of the molecule is CCN(CC)C(=O)OS(C)(=O)=O. The third kappa shape index (κ3) is 4.17. The average molecular weight is 195 g/mol. The fourth-order valence-corrected chi connectivity index (χ4v) is 1.03. The molecule has 0 fully saturated rings. The van der Waals surface area contributed by atoms with E-state index in [0.717, 1.165) is 6.26 Å². The van der Waals surface area contributed by atoms with Gasteiger partial charge in [0.15, 0.2) is 0 Å². The van der Waals surface area contributed by atoms with Gasteiger partial charge in [-0.2, -0.15) is 8.42 Å². The highest BCUT2D eigenvalue weighted by Crippen LogP contribution is 1.96. The normalized spacial score (nSPS) is 10.9. The highest BCUT2D eigenvalue weighted by molar-refractivity contribution is 7.86. The van der Waals surface area contributed by atoms with E-state index in [1.807, 2.05) is 0 Å². The minimum Gasteiger partial charge on any atom is -0.328 e. The summed E-state index contributed by atoms with van der Waals surface area (Å²) < 4.78 is 25.2. The molecule has 12 heavy (non-hydrogen) atoms. The van der Waals surface area contributed by atoms with Crippen molar-refractivity contribution in [2.24, 2.45) is 0 Å². The number of carbonyl (C=O) groups excluding carboxylic acids is 1. The Bertz CT molecular complexity index is 242. The van der Waals surface area contributed by atoms with E-state index in [1.165, 1.54) is 4.90 Å². The Kier molecular flexibility index (Phi) is 4.02. The van der Waals surface area contributed by atoms with Crippen LogP contribution < -0.4 is 0 Å². The van der Waals surface area contributed by atoms with Gasteiger partial charge in [0.2, 0.25) is 0 Å². The van der Waals surface area contributed by atoms with Crippen LogP contribution in [-0.2, 0) is 14.3 Å². The van der Waals surface area contributed by atoms with Crippen LogP contribution in [0.25, 0.3) is 0 Å². The highest BCUT2D eigenvalue weighted by atomic mass is 32.2. The Morgan fingerprint density at radius 3 is 2.00 bits per heavy atom. The zero-order valence-corrected chi connectivity index (χ0v) is 8.22. The fraction of sp³-hybridized carbons (Fsp3) is 0.833. The van der Waals surface area contributed by atoms with Crippen LogP contribution in [0.2, 0.25) is 0 Å². The van der Waals surface area contributed by atoms with Gasteiger partial charge in [-0.05, 0) is 13.8 Å². The van der Waals surface area contributed by atoms with Crippen molar-refractivity contribution in [1.82, 2.24) is 4.90 Å². The van der Waals surface area contributed by atoms with E-state index in [1.54, 1.807) is 13.8 Å². The molecule has 0 N–H and O–H groups in total. The predicted molar refractivity (Wildman–Crippen MR) is 44.2 cm³/mol. The third-order valence-electron chi connectivity index (χ3n) is 1.24. The molecule has 0 aromatic heterocycles. The first-order valence-electron chi connectivity index (χ1n) is 3.59. The molecule has 6 heteroatoms. The summed E-state index contributed by atoms with van der Waals surface area (Å²) in [6, 6.07) is 0. The number of hydrogen-bond acceptors (Lipinski definition) is 4. The van der Waals surface area contributed by atoms with Crippen LogP contribution in [0.4, 0.5) is 4.79 Å². The van der Waals surface area contributed by atoms with Crippen LogP contribution in [0.1, 0.15) is 13.8 Å². The maximum Gasteiger partial charge on any atom is 0.425 e. The molecule has 0 aromatic rings. The van der Waals surface area contributed by atoms with Crippen molar-refractivity contribution >= 4 is 16.2 Å². The Balaban J connectivity index is 4.21. The van der Waals surface area contributed by atoms with E-state index < -0.39 is 16.2 Å². The summed E-state index contributed by atoms with van der Waals surface area (Å²) in [5.74, 6) is 0. The van der Waals surface area contributed by atoms with E-state index in [-0.39, 0.29) is 0 Å². The first-order chi connectivity index (χ1) is 5.40. The molecule has 0 unspecified atom stereocenters. The lowest BCUT2D eigenvalue weighted by Gasteiger charge is -2.16. The van der Waals surface area contributed by atoms with Crippen LogP contribution in [0.5, 0.6) is 0 Å². The number of amides is 1. The zero-order valence-electron chi connectivity index (χ0n) is 7.40. The Hall–Kier alpha value is -0.780. The molecule has 0 radical (unpaired) electrons. The van der Waals surface area contributed by atoms with Gasteiger partial charge in [0.05, 0.1) is 6.26 Å². The second-order valence-corrected chi connectivity index (χ2v) is 3.80. The fourth-order valence-electron chi connectivity index (χ4n) is 0.664. The molecule has 72 valence electrons.